The molecule has 1 saturated heterocycles. The highest BCUT2D eigenvalue weighted by Gasteiger charge is 2.59. The summed E-state index contributed by atoms with van der Waals surface area (Å²) in [6.07, 6.45) is 4.73. The van der Waals surface area contributed by atoms with Crippen molar-refractivity contribution in [3.63, 3.8) is 0 Å². The van der Waals surface area contributed by atoms with E-state index in [-0.39, 0.29) is 18.9 Å². The van der Waals surface area contributed by atoms with Crippen molar-refractivity contribution in [2.45, 2.75) is 36.6 Å². The average molecular weight is 331 g/mol. The number of methoxy groups -OCH3 is 2. The molecule has 0 aromatic heterocycles. The molecule has 1 N–H and O–H groups in total. The lowest BCUT2D eigenvalue weighted by atomic mass is 9.65. The predicted octanol–water partition coefficient (Wildman–Crippen LogP) is 1.20. The van der Waals surface area contributed by atoms with Crippen molar-refractivity contribution < 1.29 is 24.1 Å². The lowest BCUT2D eigenvalue weighted by Crippen LogP contribution is -2.52. The van der Waals surface area contributed by atoms with Crippen molar-refractivity contribution in [2.24, 2.45) is 0 Å². The van der Waals surface area contributed by atoms with Crippen LogP contribution in [0.1, 0.15) is 17.5 Å². The summed E-state index contributed by atoms with van der Waals surface area (Å²) < 4.78 is 22.4. The topological polar surface area (TPSA) is 60.4 Å². The SMILES string of the molecule is COc1c2c(cc3c1OCO3)[C@]13C=C[C@H](OC)C[C@H]1N(C2)C[C@H]3O. The molecule has 3 aliphatic heterocycles. The van der Waals surface area contributed by atoms with Crippen LogP contribution >= 0.6 is 0 Å². The van der Waals surface area contributed by atoms with E-state index < -0.39 is 11.5 Å². The third-order valence-corrected chi connectivity index (χ3v) is 6.05. The Labute approximate surface area is 140 Å². The maximum atomic E-state index is 11.0. The molecule has 2 bridgehead atoms. The van der Waals surface area contributed by atoms with Gasteiger partial charge in [-0.25, -0.2) is 0 Å². The maximum Gasteiger partial charge on any atom is 0.231 e. The molecule has 5 atom stereocenters. The van der Waals surface area contributed by atoms with E-state index >= 15 is 0 Å². The van der Waals surface area contributed by atoms with Gasteiger partial charge in [-0.15, -0.1) is 0 Å². The van der Waals surface area contributed by atoms with Crippen LogP contribution in [0, 0.1) is 0 Å². The first-order valence-corrected chi connectivity index (χ1v) is 8.33. The molecular weight excluding hydrogens is 310 g/mol. The van der Waals surface area contributed by atoms with E-state index in [1.54, 1.807) is 14.2 Å². The molecule has 0 amide bonds. The second-order valence-electron chi connectivity index (χ2n) is 6.93. The first-order chi connectivity index (χ1) is 11.7. The number of aliphatic hydroxyl groups is 1. The zero-order valence-electron chi connectivity index (χ0n) is 13.8. The van der Waals surface area contributed by atoms with Gasteiger partial charge in [-0.2, -0.15) is 0 Å². The Morgan fingerprint density at radius 1 is 1.33 bits per heavy atom. The first kappa shape index (κ1) is 14.6. The summed E-state index contributed by atoms with van der Waals surface area (Å²) in [5.41, 5.74) is 1.76. The zero-order chi connectivity index (χ0) is 16.5. The van der Waals surface area contributed by atoms with E-state index in [4.69, 9.17) is 18.9 Å². The number of hydrogen-bond acceptors (Lipinski definition) is 6. The van der Waals surface area contributed by atoms with Crippen molar-refractivity contribution in [3.05, 3.63) is 29.3 Å². The number of fused-ring (bicyclic) bond motifs is 2. The fourth-order valence-electron chi connectivity index (χ4n) is 4.97. The molecule has 0 saturated carbocycles. The first-order valence-electron chi connectivity index (χ1n) is 8.33. The van der Waals surface area contributed by atoms with Crippen molar-refractivity contribution in [1.82, 2.24) is 4.90 Å². The monoisotopic (exact) mass is 331 g/mol. The van der Waals surface area contributed by atoms with Crippen LogP contribution in [-0.4, -0.2) is 55.8 Å². The number of benzene rings is 1. The van der Waals surface area contributed by atoms with Crippen LogP contribution in [0.3, 0.4) is 0 Å². The molecule has 0 radical (unpaired) electrons. The molecule has 0 spiro atoms. The van der Waals surface area contributed by atoms with Gasteiger partial charge in [0.05, 0.1) is 24.7 Å². The van der Waals surface area contributed by atoms with Crippen molar-refractivity contribution in [3.8, 4) is 17.2 Å². The van der Waals surface area contributed by atoms with Gasteiger partial charge >= 0.3 is 0 Å². The van der Waals surface area contributed by atoms with Gasteiger partial charge in [-0.05, 0) is 18.1 Å². The van der Waals surface area contributed by atoms with Gasteiger partial charge in [-0.1, -0.05) is 12.2 Å². The lowest BCUT2D eigenvalue weighted by molar-refractivity contribution is 0.0655. The van der Waals surface area contributed by atoms with Crippen LogP contribution in [0.25, 0.3) is 0 Å². The molecule has 128 valence electrons. The quantitative estimate of drug-likeness (QED) is 0.822. The Bertz CT molecular complexity index is 733. The summed E-state index contributed by atoms with van der Waals surface area (Å²) in [5.74, 6) is 2.11. The van der Waals surface area contributed by atoms with E-state index in [1.165, 1.54) is 0 Å². The van der Waals surface area contributed by atoms with Crippen LogP contribution < -0.4 is 14.2 Å². The van der Waals surface area contributed by atoms with Gasteiger partial charge in [-0.3, -0.25) is 4.90 Å². The molecule has 1 aromatic rings. The minimum Gasteiger partial charge on any atom is -0.492 e. The molecule has 1 aromatic carbocycles. The standard InChI is InChI=1S/C18H21NO5/c1-21-10-3-4-18-12-6-13-17(24-9-23-13)16(22-2)11(12)7-19(8-15(18)20)14(18)5-10/h3-4,6,10,14-15,20H,5,7-9H2,1-2H3/t10-,14+,15+,18+/m0/s1. The molecule has 6 heteroatoms. The molecule has 1 fully saturated rings. The van der Waals surface area contributed by atoms with Crippen molar-refractivity contribution >= 4 is 0 Å². The minimum atomic E-state index is -0.456. The summed E-state index contributed by atoms with van der Waals surface area (Å²) in [6.45, 7) is 1.59. The Morgan fingerprint density at radius 2 is 2.21 bits per heavy atom. The number of ether oxygens (including phenoxy) is 4. The van der Waals surface area contributed by atoms with Gasteiger partial charge in [0.2, 0.25) is 12.5 Å². The van der Waals surface area contributed by atoms with E-state index in [1.807, 2.05) is 6.07 Å². The van der Waals surface area contributed by atoms with Crippen LogP contribution in [0.5, 0.6) is 17.2 Å². The summed E-state index contributed by atoms with van der Waals surface area (Å²) >= 11 is 0. The summed E-state index contributed by atoms with van der Waals surface area (Å²) in [5, 5.41) is 11.0. The Hall–Kier alpha value is -1.76. The molecule has 24 heavy (non-hydrogen) atoms. The van der Waals surface area contributed by atoms with Crippen LogP contribution in [0.4, 0.5) is 0 Å². The van der Waals surface area contributed by atoms with Crippen LogP contribution in [0.15, 0.2) is 18.2 Å². The summed E-state index contributed by atoms with van der Waals surface area (Å²) in [4.78, 5) is 2.34. The van der Waals surface area contributed by atoms with Gasteiger partial charge < -0.3 is 24.1 Å². The normalized spacial score (nSPS) is 38.0. The fraction of sp³-hybridized carbons (Fsp3) is 0.556. The highest BCUT2D eigenvalue weighted by atomic mass is 16.7. The lowest BCUT2D eigenvalue weighted by Gasteiger charge is -2.46. The third-order valence-electron chi connectivity index (χ3n) is 6.05. The smallest absolute Gasteiger partial charge is 0.231 e. The predicted molar refractivity (Wildman–Crippen MR) is 85.6 cm³/mol. The Balaban J connectivity index is 1.76. The zero-order valence-corrected chi connectivity index (χ0v) is 13.8. The van der Waals surface area contributed by atoms with E-state index in [9.17, 15) is 5.11 Å². The van der Waals surface area contributed by atoms with Gasteiger partial charge in [0.15, 0.2) is 11.5 Å². The van der Waals surface area contributed by atoms with Gasteiger partial charge in [0.1, 0.15) is 0 Å². The molecule has 6 nitrogen and oxygen atoms in total. The number of nitrogens with zero attached hydrogens (tertiary/aromatic N) is 1. The molecule has 5 rings (SSSR count). The average Bonchev–Trinajstić information content (AvgIpc) is 3.14. The second-order valence-corrected chi connectivity index (χ2v) is 6.93. The minimum absolute atomic E-state index is 0.0911. The molecule has 1 unspecified atom stereocenters. The number of hydrogen-bond donors (Lipinski definition) is 1. The molecule has 3 heterocycles. The van der Waals surface area contributed by atoms with E-state index in [2.05, 4.69) is 17.1 Å². The highest BCUT2D eigenvalue weighted by molar-refractivity contribution is 5.65. The molecule has 4 aliphatic rings. The largest absolute Gasteiger partial charge is 0.492 e. The molecule has 1 aliphatic carbocycles. The van der Waals surface area contributed by atoms with Crippen LogP contribution in [-0.2, 0) is 16.7 Å². The van der Waals surface area contributed by atoms with Crippen molar-refractivity contribution in [1.29, 1.82) is 0 Å². The number of rotatable bonds is 2. The Kier molecular flexibility index (Phi) is 2.96. The van der Waals surface area contributed by atoms with Gasteiger partial charge in [0, 0.05) is 31.8 Å². The maximum absolute atomic E-state index is 11.0. The van der Waals surface area contributed by atoms with E-state index in [0.717, 1.165) is 29.8 Å². The van der Waals surface area contributed by atoms with Gasteiger partial charge in [0.25, 0.3) is 0 Å². The summed E-state index contributed by atoms with van der Waals surface area (Å²) in [6, 6.07) is 2.26. The second kappa shape index (κ2) is 4.88. The van der Waals surface area contributed by atoms with Crippen molar-refractivity contribution in [2.75, 3.05) is 27.6 Å². The third kappa shape index (κ3) is 1.61. The highest BCUT2D eigenvalue weighted by Crippen LogP contribution is 2.57. The molecular formula is C18H21NO5. The Morgan fingerprint density at radius 3 is 3.00 bits per heavy atom. The number of aliphatic hydroxyl groups excluding tert-OH is 1. The summed E-state index contributed by atoms with van der Waals surface area (Å²) in [7, 11) is 3.39. The van der Waals surface area contributed by atoms with Crippen LogP contribution in [0.2, 0.25) is 0 Å². The van der Waals surface area contributed by atoms with E-state index in [0.29, 0.717) is 18.0 Å². The fourth-order valence-corrected chi connectivity index (χ4v) is 4.97.